The van der Waals surface area contributed by atoms with Crippen LogP contribution < -0.4 is 5.73 Å². The lowest BCUT2D eigenvalue weighted by atomic mass is 10.2. The molecule has 3 nitrogen and oxygen atoms in total. The zero-order valence-electron chi connectivity index (χ0n) is 8.33. The van der Waals surface area contributed by atoms with Crippen molar-refractivity contribution in [2.75, 3.05) is 6.54 Å². The van der Waals surface area contributed by atoms with Crippen molar-refractivity contribution < 1.29 is 0 Å². The van der Waals surface area contributed by atoms with Gasteiger partial charge >= 0.3 is 0 Å². The monoisotopic (exact) mass is 179 g/mol. The third-order valence-electron chi connectivity index (χ3n) is 1.90. The minimum absolute atomic E-state index is 0.608. The highest BCUT2D eigenvalue weighted by Gasteiger charge is 1.97. The van der Waals surface area contributed by atoms with E-state index in [1.807, 2.05) is 23.9 Å². The Bertz CT molecular complexity index is 286. The molecule has 0 amide bonds. The number of rotatable bonds is 4. The molecule has 1 heterocycles. The van der Waals surface area contributed by atoms with E-state index < -0.39 is 0 Å². The number of hydrogen-bond donors (Lipinski definition) is 1. The SMILES string of the molecule is CCCn1nccc1/C=C(/C)CN. The molecule has 0 bridgehead atoms. The molecule has 72 valence electrons. The number of aromatic nitrogens is 2. The molecule has 0 saturated carbocycles. The van der Waals surface area contributed by atoms with Gasteiger partial charge < -0.3 is 5.73 Å². The Hall–Kier alpha value is -1.09. The van der Waals surface area contributed by atoms with Crippen LogP contribution in [0.3, 0.4) is 0 Å². The fourth-order valence-electron chi connectivity index (χ4n) is 1.18. The maximum Gasteiger partial charge on any atom is 0.0609 e. The minimum Gasteiger partial charge on any atom is -0.327 e. The highest BCUT2D eigenvalue weighted by molar-refractivity contribution is 5.48. The van der Waals surface area contributed by atoms with Crippen molar-refractivity contribution >= 4 is 6.08 Å². The molecule has 1 aromatic rings. The van der Waals surface area contributed by atoms with Crippen molar-refractivity contribution in [3.05, 3.63) is 23.5 Å². The average molecular weight is 179 g/mol. The standard InChI is InChI=1S/C10H17N3/c1-3-6-13-10(4-5-12-13)7-9(2)8-11/h4-5,7H,3,6,8,11H2,1-2H3/b9-7-. The Labute approximate surface area is 79.2 Å². The first-order valence-electron chi connectivity index (χ1n) is 4.67. The fourth-order valence-corrected chi connectivity index (χ4v) is 1.18. The number of nitrogens with two attached hydrogens (primary N) is 1. The summed E-state index contributed by atoms with van der Waals surface area (Å²) < 4.78 is 2.00. The zero-order chi connectivity index (χ0) is 9.68. The van der Waals surface area contributed by atoms with Crippen LogP contribution >= 0.6 is 0 Å². The van der Waals surface area contributed by atoms with Crippen molar-refractivity contribution in [1.29, 1.82) is 0 Å². The van der Waals surface area contributed by atoms with E-state index in [1.54, 1.807) is 0 Å². The molecular weight excluding hydrogens is 162 g/mol. The molecule has 0 aliphatic rings. The van der Waals surface area contributed by atoms with Gasteiger partial charge in [0.2, 0.25) is 0 Å². The van der Waals surface area contributed by atoms with Crippen LogP contribution in [0.25, 0.3) is 6.08 Å². The molecule has 0 aliphatic carbocycles. The van der Waals surface area contributed by atoms with Crippen LogP contribution in [0.2, 0.25) is 0 Å². The van der Waals surface area contributed by atoms with Crippen LogP contribution in [-0.4, -0.2) is 16.3 Å². The highest BCUT2D eigenvalue weighted by Crippen LogP contribution is 2.05. The molecule has 0 saturated heterocycles. The van der Waals surface area contributed by atoms with Crippen LogP contribution in [0, 0.1) is 0 Å². The molecule has 2 N–H and O–H groups in total. The number of hydrogen-bond acceptors (Lipinski definition) is 2. The second-order valence-corrected chi connectivity index (χ2v) is 3.17. The van der Waals surface area contributed by atoms with Gasteiger partial charge in [0.1, 0.15) is 0 Å². The third-order valence-corrected chi connectivity index (χ3v) is 1.90. The van der Waals surface area contributed by atoms with Crippen molar-refractivity contribution in [3.8, 4) is 0 Å². The summed E-state index contributed by atoms with van der Waals surface area (Å²) in [6.45, 7) is 5.75. The molecule has 13 heavy (non-hydrogen) atoms. The summed E-state index contributed by atoms with van der Waals surface area (Å²) in [5.41, 5.74) is 7.84. The molecular formula is C10H17N3. The molecule has 1 rings (SSSR count). The fraction of sp³-hybridized carbons (Fsp3) is 0.500. The molecule has 1 aromatic heterocycles. The molecule has 0 unspecified atom stereocenters. The summed E-state index contributed by atoms with van der Waals surface area (Å²) in [4.78, 5) is 0. The second kappa shape index (κ2) is 4.82. The van der Waals surface area contributed by atoms with Crippen LogP contribution in [0.15, 0.2) is 17.8 Å². The van der Waals surface area contributed by atoms with Crippen LogP contribution in [0.1, 0.15) is 26.0 Å². The molecule has 3 heteroatoms. The van der Waals surface area contributed by atoms with Gasteiger partial charge in [-0.05, 0) is 25.5 Å². The maximum atomic E-state index is 5.51. The molecule has 0 aliphatic heterocycles. The van der Waals surface area contributed by atoms with Crippen molar-refractivity contribution in [1.82, 2.24) is 9.78 Å². The predicted molar refractivity (Wildman–Crippen MR) is 55.2 cm³/mol. The summed E-state index contributed by atoms with van der Waals surface area (Å²) in [5, 5.41) is 4.22. The molecule has 0 radical (unpaired) electrons. The van der Waals surface area contributed by atoms with Gasteiger partial charge in [0.15, 0.2) is 0 Å². The first kappa shape index (κ1) is 9.99. The molecule has 0 fully saturated rings. The van der Waals surface area contributed by atoms with Crippen molar-refractivity contribution in [3.63, 3.8) is 0 Å². The summed E-state index contributed by atoms with van der Waals surface area (Å²) in [6.07, 6.45) is 5.01. The van der Waals surface area contributed by atoms with E-state index in [0.717, 1.165) is 18.7 Å². The van der Waals surface area contributed by atoms with Gasteiger partial charge in [0, 0.05) is 19.3 Å². The van der Waals surface area contributed by atoms with E-state index in [1.165, 1.54) is 5.57 Å². The lowest BCUT2D eigenvalue weighted by molar-refractivity contribution is 0.598. The van der Waals surface area contributed by atoms with E-state index in [9.17, 15) is 0 Å². The van der Waals surface area contributed by atoms with E-state index in [4.69, 9.17) is 5.73 Å². The average Bonchev–Trinajstić information content (AvgIpc) is 2.54. The van der Waals surface area contributed by atoms with Gasteiger partial charge in [0.25, 0.3) is 0 Å². The van der Waals surface area contributed by atoms with Gasteiger partial charge in [-0.2, -0.15) is 5.10 Å². The third kappa shape index (κ3) is 2.70. The Morgan fingerprint density at radius 3 is 3.08 bits per heavy atom. The van der Waals surface area contributed by atoms with E-state index in [2.05, 4.69) is 18.1 Å². The van der Waals surface area contributed by atoms with Crippen molar-refractivity contribution in [2.24, 2.45) is 5.73 Å². The minimum atomic E-state index is 0.608. The zero-order valence-corrected chi connectivity index (χ0v) is 8.33. The van der Waals surface area contributed by atoms with Gasteiger partial charge in [-0.1, -0.05) is 12.5 Å². The van der Waals surface area contributed by atoms with Gasteiger partial charge in [-0.3, -0.25) is 4.68 Å². The van der Waals surface area contributed by atoms with Crippen LogP contribution in [-0.2, 0) is 6.54 Å². The van der Waals surface area contributed by atoms with Gasteiger partial charge in [-0.15, -0.1) is 0 Å². The summed E-state index contributed by atoms with van der Waals surface area (Å²) in [6, 6.07) is 2.01. The first-order chi connectivity index (χ1) is 6.27. The smallest absolute Gasteiger partial charge is 0.0609 e. The Kier molecular flexibility index (Phi) is 3.71. The highest BCUT2D eigenvalue weighted by atomic mass is 15.3. The Balaban J connectivity index is 2.81. The summed E-state index contributed by atoms with van der Waals surface area (Å²) in [5.74, 6) is 0. The molecule has 0 atom stereocenters. The van der Waals surface area contributed by atoms with Crippen LogP contribution in [0.4, 0.5) is 0 Å². The predicted octanol–water partition coefficient (Wildman–Crippen LogP) is 1.66. The molecule has 0 spiro atoms. The lowest BCUT2D eigenvalue weighted by Gasteiger charge is -2.02. The maximum absolute atomic E-state index is 5.51. The normalized spacial score (nSPS) is 12.1. The van der Waals surface area contributed by atoms with Crippen LogP contribution in [0.5, 0.6) is 0 Å². The Morgan fingerprint density at radius 1 is 1.69 bits per heavy atom. The van der Waals surface area contributed by atoms with E-state index in [0.29, 0.717) is 6.54 Å². The quantitative estimate of drug-likeness (QED) is 0.763. The topological polar surface area (TPSA) is 43.8 Å². The van der Waals surface area contributed by atoms with E-state index in [-0.39, 0.29) is 0 Å². The van der Waals surface area contributed by atoms with Crippen molar-refractivity contribution in [2.45, 2.75) is 26.8 Å². The Morgan fingerprint density at radius 2 is 2.46 bits per heavy atom. The summed E-state index contributed by atoms with van der Waals surface area (Å²) >= 11 is 0. The first-order valence-corrected chi connectivity index (χ1v) is 4.67. The van der Waals surface area contributed by atoms with E-state index >= 15 is 0 Å². The van der Waals surface area contributed by atoms with Gasteiger partial charge in [-0.25, -0.2) is 0 Å². The number of nitrogens with zero attached hydrogens (tertiary/aromatic N) is 2. The lowest BCUT2D eigenvalue weighted by Crippen LogP contribution is -2.03. The summed E-state index contributed by atoms with van der Waals surface area (Å²) in [7, 11) is 0. The van der Waals surface area contributed by atoms with Gasteiger partial charge in [0.05, 0.1) is 5.69 Å². The largest absolute Gasteiger partial charge is 0.327 e. The second-order valence-electron chi connectivity index (χ2n) is 3.17. The molecule has 0 aromatic carbocycles. The number of aryl methyl sites for hydroxylation is 1.